The van der Waals surface area contributed by atoms with Crippen molar-refractivity contribution < 1.29 is 9.15 Å². The van der Waals surface area contributed by atoms with Crippen LogP contribution in [0.15, 0.2) is 81.0 Å². The maximum Gasteiger partial charge on any atom is 0.282 e. The molecule has 3 aromatic carbocycles. The summed E-state index contributed by atoms with van der Waals surface area (Å²) in [5, 5.41) is 6.46. The highest BCUT2D eigenvalue weighted by atomic mass is 35.5. The highest BCUT2D eigenvalue weighted by molar-refractivity contribution is 6.31. The van der Waals surface area contributed by atoms with Crippen LogP contribution in [0.3, 0.4) is 0 Å². The van der Waals surface area contributed by atoms with Gasteiger partial charge in [0, 0.05) is 41.8 Å². The van der Waals surface area contributed by atoms with Gasteiger partial charge in [-0.3, -0.25) is 4.79 Å². The van der Waals surface area contributed by atoms with Crippen molar-refractivity contribution in [3.63, 3.8) is 0 Å². The quantitative estimate of drug-likeness (QED) is 0.229. The number of ether oxygens (including phenoxy) is 1. The minimum absolute atomic E-state index is 0.0209. The second-order valence-corrected chi connectivity index (χ2v) is 9.50. The lowest BCUT2D eigenvalue weighted by Crippen LogP contribution is -2.20. The fourth-order valence-corrected chi connectivity index (χ4v) is 4.13. The molecule has 2 heterocycles. The summed E-state index contributed by atoms with van der Waals surface area (Å²) in [4.78, 5) is 20.3. The topological polar surface area (TPSA) is 72.9 Å². The molecule has 5 aromatic rings. The normalized spacial score (nSPS) is 12.5. The Balaban J connectivity index is 1.67. The lowest BCUT2D eigenvalue weighted by atomic mass is 10.2. The minimum atomic E-state index is -0.301. The zero-order valence-corrected chi connectivity index (χ0v) is 21.9. The van der Waals surface area contributed by atoms with Gasteiger partial charge in [0.05, 0.1) is 23.2 Å². The van der Waals surface area contributed by atoms with Gasteiger partial charge >= 0.3 is 0 Å². The molecule has 0 saturated heterocycles. The van der Waals surface area contributed by atoms with Gasteiger partial charge in [0.15, 0.2) is 5.76 Å². The van der Waals surface area contributed by atoms with E-state index in [1.807, 2.05) is 62.3 Å². The Morgan fingerprint density at radius 1 is 1.14 bits per heavy atom. The third-order valence-electron chi connectivity index (χ3n) is 6.18. The number of hydrogen-bond donors (Lipinski definition) is 0. The summed E-state index contributed by atoms with van der Waals surface area (Å²) in [6.07, 6.45) is 2.50. The number of benzene rings is 3. The van der Waals surface area contributed by atoms with Crippen LogP contribution in [0.2, 0.25) is 5.02 Å². The number of anilines is 1. The minimum Gasteiger partial charge on any atom is -0.490 e. The molecule has 0 fully saturated rings. The number of fused-ring (bicyclic) bond motifs is 2. The molecular weight excluding hydrogens is 488 g/mol. The first kappa shape index (κ1) is 24.6. The Morgan fingerprint density at radius 2 is 1.95 bits per heavy atom. The van der Waals surface area contributed by atoms with E-state index < -0.39 is 0 Å². The number of hydrogen-bond acceptors (Lipinski definition) is 6. The third kappa shape index (κ3) is 4.95. The molecule has 8 heteroatoms. The molecule has 0 spiro atoms. The number of para-hydroxylation sites is 1. The summed E-state index contributed by atoms with van der Waals surface area (Å²) in [5.41, 5.74) is 2.64. The van der Waals surface area contributed by atoms with E-state index in [4.69, 9.17) is 25.7 Å². The highest BCUT2D eigenvalue weighted by Gasteiger charge is 2.17. The van der Waals surface area contributed by atoms with E-state index in [0.29, 0.717) is 38.8 Å². The molecule has 2 aromatic heterocycles. The van der Waals surface area contributed by atoms with Crippen molar-refractivity contribution in [1.82, 2.24) is 9.66 Å². The van der Waals surface area contributed by atoms with Crippen molar-refractivity contribution in [2.45, 2.75) is 26.4 Å². The zero-order chi connectivity index (χ0) is 26.1. The zero-order valence-electron chi connectivity index (χ0n) is 21.1. The molecule has 188 valence electrons. The smallest absolute Gasteiger partial charge is 0.282 e. The molecular formula is C29H27ClN4O3. The van der Waals surface area contributed by atoms with E-state index in [-0.39, 0.29) is 11.7 Å². The lowest BCUT2D eigenvalue weighted by Gasteiger charge is -2.18. The Morgan fingerprint density at radius 3 is 2.73 bits per heavy atom. The van der Waals surface area contributed by atoms with Gasteiger partial charge in [0.1, 0.15) is 11.3 Å². The van der Waals surface area contributed by atoms with E-state index in [1.54, 1.807) is 36.5 Å². The first-order chi connectivity index (χ1) is 17.8. The van der Waals surface area contributed by atoms with Crippen LogP contribution >= 0.6 is 11.6 Å². The summed E-state index contributed by atoms with van der Waals surface area (Å²) in [7, 11) is 3.95. The molecule has 0 aliphatic heterocycles. The van der Waals surface area contributed by atoms with Crippen molar-refractivity contribution in [2.24, 2.45) is 5.10 Å². The van der Waals surface area contributed by atoms with Gasteiger partial charge in [-0.05, 0) is 61.9 Å². The van der Waals surface area contributed by atoms with Crippen LogP contribution in [-0.2, 0) is 0 Å². The number of nitrogens with zero attached hydrogens (tertiary/aromatic N) is 4. The average molecular weight is 515 g/mol. The molecule has 5 rings (SSSR count). The Bertz CT molecular complexity index is 1690. The first-order valence-corrected chi connectivity index (χ1v) is 12.5. The molecule has 7 nitrogen and oxygen atoms in total. The second-order valence-electron chi connectivity index (χ2n) is 9.06. The van der Waals surface area contributed by atoms with Gasteiger partial charge in [0.25, 0.3) is 5.56 Å². The van der Waals surface area contributed by atoms with Crippen LogP contribution < -0.4 is 15.2 Å². The molecule has 0 aliphatic rings. The third-order valence-corrected chi connectivity index (χ3v) is 6.42. The monoisotopic (exact) mass is 514 g/mol. The average Bonchev–Trinajstić information content (AvgIpc) is 3.31. The van der Waals surface area contributed by atoms with Crippen molar-refractivity contribution in [2.75, 3.05) is 19.0 Å². The van der Waals surface area contributed by atoms with E-state index in [9.17, 15) is 4.79 Å². The molecule has 0 bridgehead atoms. The molecule has 37 heavy (non-hydrogen) atoms. The molecule has 0 radical (unpaired) electrons. The van der Waals surface area contributed by atoms with Crippen molar-refractivity contribution in [3.05, 3.63) is 87.7 Å². The number of aromatic nitrogens is 2. The highest BCUT2D eigenvalue weighted by Crippen LogP contribution is 2.30. The van der Waals surface area contributed by atoms with Crippen molar-refractivity contribution in [1.29, 1.82) is 0 Å². The van der Waals surface area contributed by atoms with Gasteiger partial charge in [0.2, 0.25) is 5.82 Å². The van der Waals surface area contributed by atoms with Gasteiger partial charge in [-0.2, -0.15) is 9.78 Å². The van der Waals surface area contributed by atoms with Gasteiger partial charge in [-0.25, -0.2) is 4.98 Å². The van der Waals surface area contributed by atoms with E-state index in [2.05, 4.69) is 12.0 Å². The van der Waals surface area contributed by atoms with Crippen molar-refractivity contribution in [3.8, 4) is 17.3 Å². The maximum atomic E-state index is 13.6. The van der Waals surface area contributed by atoms with E-state index >= 15 is 0 Å². The SMILES string of the molecule is CC[C@@H](C)Oc1cc(N(C)C)ccc1C=Nn1c(-c2cc3cc(Cl)ccc3o2)nc2ccccc2c1=O. The van der Waals surface area contributed by atoms with Gasteiger partial charge in [-0.1, -0.05) is 30.7 Å². The molecule has 0 saturated carbocycles. The second kappa shape index (κ2) is 10.1. The summed E-state index contributed by atoms with van der Waals surface area (Å²) >= 11 is 6.17. The first-order valence-electron chi connectivity index (χ1n) is 12.1. The van der Waals surface area contributed by atoms with Crippen LogP contribution in [0.25, 0.3) is 33.5 Å². The van der Waals surface area contributed by atoms with Crippen LogP contribution in [0.5, 0.6) is 5.75 Å². The lowest BCUT2D eigenvalue weighted by molar-refractivity contribution is 0.217. The largest absolute Gasteiger partial charge is 0.490 e. The number of halogens is 1. The Kier molecular flexibility index (Phi) is 6.72. The van der Waals surface area contributed by atoms with Gasteiger partial charge in [-0.15, -0.1) is 0 Å². The predicted molar refractivity (Wildman–Crippen MR) is 150 cm³/mol. The van der Waals surface area contributed by atoms with Crippen LogP contribution in [0, 0.1) is 0 Å². The number of rotatable bonds is 7. The van der Waals surface area contributed by atoms with Crippen LogP contribution in [0.1, 0.15) is 25.8 Å². The number of furan rings is 1. The van der Waals surface area contributed by atoms with Gasteiger partial charge < -0.3 is 14.1 Å². The molecule has 0 N–H and O–H groups in total. The summed E-state index contributed by atoms with van der Waals surface area (Å²) < 4.78 is 13.5. The fourth-order valence-electron chi connectivity index (χ4n) is 3.94. The molecule has 0 amide bonds. The Hall–Kier alpha value is -4.10. The summed E-state index contributed by atoms with van der Waals surface area (Å²) in [5.74, 6) is 1.39. The van der Waals surface area contributed by atoms with Crippen LogP contribution in [0.4, 0.5) is 5.69 Å². The maximum absolute atomic E-state index is 13.6. The van der Waals surface area contributed by atoms with E-state index in [1.165, 1.54) is 4.68 Å². The Labute approximate surface area is 219 Å². The molecule has 1 atom stereocenters. The summed E-state index contributed by atoms with van der Waals surface area (Å²) in [6, 6.07) is 20.2. The molecule has 0 aliphatic carbocycles. The molecule has 0 unspecified atom stereocenters. The van der Waals surface area contributed by atoms with E-state index in [0.717, 1.165) is 23.1 Å². The van der Waals surface area contributed by atoms with Crippen molar-refractivity contribution >= 4 is 45.4 Å². The predicted octanol–water partition coefficient (Wildman–Crippen LogP) is 6.59. The standard InChI is InChI=1S/C29H27ClN4O3/c1-5-18(2)36-26-16-22(33(3)4)12-10-19(26)17-31-34-28(32-24-9-7-6-8-23(24)29(34)35)27-15-20-14-21(30)11-13-25(20)37-27/h6-18H,5H2,1-4H3/t18-/m1/s1. The van der Waals surface area contributed by atoms with Crippen LogP contribution in [-0.4, -0.2) is 36.1 Å². The fraction of sp³-hybridized carbons (Fsp3) is 0.207. The summed E-state index contributed by atoms with van der Waals surface area (Å²) in [6.45, 7) is 4.09.